The van der Waals surface area contributed by atoms with Crippen LogP contribution >= 0.6 is 0 Å². The zero-order valence-electron chi connectivity index (χ0n) is 16.4. The van der Waals surface area contributed by atoms with Gasteiger partial charge in [-0.2, -0.15) is 0 Å². The topological polar surface area (TPSA) is 119 Å². The number of ether oxygens (including phenoxy) is 1. The summed E-state index contributed by atoms with van der Waals surface area (Å²) in [6, 6.07) is 13.7. The van der Waals surface area contributed by atoms with Crippen LogP contribution in [-0.2, 0) is 25.7 Å². The molecule has 30 heavy (non-hydrogen) atoms. The molecule has 0 saturated carbocycles. The number of likely N-dealkylation sites (tertiary alicyclic amines) is 1. The van der Waals surface area contributed by atoms with Crippen molar-refractivity contribution in [2.75, 3.05) is 18.5 Å². The summed E-state index contributed by atoms with van der Waals surface area (Å²) in [5.41, 5.74) is 1.55. The van der Waals surface area contributed by atoms with E-state index in [1.807, 2.05) is 30.3 Å². The molecule has 2 aromatic rings. The number of nitrogens with zero attached hydrogens (tertiary/aromatic N) is 2. The molecule has 1 fully saturated rings. The Morgan fingerprint density at radius 3 is 2.67 bits per heavy atom. The van der Waals surface area contributed by atoms with Crippen LogP contribution in [0.5, 0.6) is 0 Å². The number of hydrogen-bond acceptors (Lipinski definition) is 6. The number of nitro groups is 1. The average molecular weight is 411 g/mol. The predicted octanol–water partition coefficient (Wildman–Crippen LogP) is 2.43. The van der Waals surface area contributed by atoms with Crippen LogP contribution in [0.4, 0.5) is 11.4 Å². The molecule has 2 amide bonds. The summed E-state index contributed by atoms with van der Waals surface area (Å²) in [4.78, 5) is 48.5. The fourth-order valence-corrected chi connectivity index (χ4v) is 3.22. The molecule has 9 heteroatoms. The molecule has 1 aliphatic heterocycles. The Morgan fingerprint density at radius 1 is 1.23 bits per heavy atom. The molecule has 1 aliphatic rings. The summed E-state index contributed by atoms with van der Waals surface area (Å²) >= 11 is 0. The minimum atomic E-state index is -0.630. The average Bonchev–Trinajstić information content (AvgIpc) is 3.08. The maximum Gasteiger partial charge on any atom is 0.311 e. The number of hydrogen-bond donors (Lipinski definition) is 1. The minimum Gasteiger partial charge on any atom is -0.455 e. The second-order valence-corrected chi connectivity index (χ2v) is 7.08. The molecular formula is C21H21N3O6. The van der Waals surface area contributed by atoms with E-state index >= 15 is 0 Å². The Bertz CT molecular complexity index is 976. The Kier molecular flexibility index (Phi) is 6.41. The Hall–Kier alpha value is -3.75. The van der Waals surface area contributed by atoms with Crippen molar-refractivity contribution < 1.29 is 24.0 Å². The summed E-state index contributed by atoms with van der Waals surface area (Å²) in [5, 5.41) is 13.4. The lowest BCUT2D eigenvalue weighted by atomic mass is 10.1. The molecule has 0 unspecified atom stereocenters. The lowest BCUT2D eigenvalue weighted by Crippen LogP contribution is -2.28. The van der Waals surface area contributed by atoms with Gasteiger partial charge >= 0.3 is 5.97 Å². The smallest absolute Gasteiger partial charge is 0.311 e. The quantitative estimate of drug-likeness (QED) is 0.425. The van der Waals surface area contributed by atoms with Crippen molar-refractivity contribution in [2.45, 2.75) is 19.9 Å². The molecule has 0 spiro atoms. The third-order valence-electron chi connectivity index (χ3n) is 4.80. The van der Waals surface area contributed by atoms with Gasteiger partial charge in [0.05, 0.1) is 10.8 Å². The fraction of sp³-hybridized carbons (Fsp3) is 0.286. The van der Waals surface area contributed by atoms with Crippen LogP contribution in [0, 0.1) is 23.0 Å². The normalized spacial score (nSPS) is 15.7. The Balaban J connectivity index is 1.49. The van der Waals surface area contributed by atoms with E-state index in [4.69, 9.17) is 4.74 Å². The SMILES string of the molecule is Cc1ccc(NC(=O)COC(=O)[C@@H]2CC(=O)N(Cc3ccccc3)C2)cc1[N+](=O)[O-]. The van der Waals surface area contributed by atoms with E-state index in [1.54, 1.807) is 11.8 Å². The van der Waals surface area contributed by atoms with Crippen LogP contribution in [0.15, 0.2) is 48.5 Å². The standard InChI is InChI=1S/C21H21N3O6/c1-14-7-8-17(10-18(14)24(28)29)22-19(25)13-30-21(27)16-9-20(26)23(12-16)11-15-5-3-2-4-6-15/h2-8,10,16H,9,11-13H2,1H3,(H,22,25)/t16-/m1/s1. The Morgan fingerprint density at radius 2 is 1.97 bits per heavy atom. The van der Waals surface area contributed by atoms with Crippen LogP contribution < -0.4 is 5.32 Å². The number of carbonyl (C=O) groups is 3. The van der Waals surface area contributed by atoms with Gasteiger partial charge in [0.2, 0.25) is 5.91 Å². The fourth-order valence-electron chi connectivity index (χ4n) is 3.22. The molecule has 2 aromatic carbocycles. The molecule has 1 N–H and O–H groups in total. The molecule has 156 valence electrons. The van der Waals surface area contributed by atoms with Crippen LogP contribution in [0.2, 0.25) is 0 Å². The molecule has 0 aliphatic carbocycles. The molecule has 0 aromatic heterocycles. The summed E-state index contributed by atoms with van der Waals surface area (Å²) in [5.74, 6) is -2.01. The van der Waals surface area contributed by atoms with E-state index in [2.05, 4.69) is 5.32 Å². The molecule has 9 nitrogen and oxygen atoms in total. The van der Waals surface area contributed by atoms with Gasteiger partial charge in [-0.1, -0.05) is 36.4 Å². The number of esters is 1. The summed E-state index contributed by atoms with van der Waals surface area (Å²) in [7, 11) is 0. The van der Waals surface area contributed by atoms with Crippen molar-refractivity contribution in [2.24, 2.45) is 5.92 Å². The third kappa shape index (κ3) is 5.19. The number of aryl methyl sites for hydroxylation is 1. The monoisotopic (exact) mass is 411 g/mol. The second kappa shape index (κ2) is 9.17. The van der Waals surface area contributed by atoms with Gasteiger partial charge < -0.3 is 15.0 Å². The molecule has 3 rings (SSSR count). The number of nitro benzene ring substituents is 1. The summed E-state index contributed by atoms with van der Waals surface area (Å²) in [6.07, 6.45) is 0.0391. The molecule has 0 bridgehead atoms. The number of carbonyl (C=O) groups excluding carboxylic acids is 3. The lowest BCUT2D eigenvalue weighted by molar-refractivity contribution is -0.385. The summed E-state index contributed by atoms with van der Waals surface area (Å²) < 4.78 is 5.04. The first-order valence-corrected chi connectivity index (χ1v) is 9.36. The molecule has 1 heterocycles. The van der Waals surface area contributed by atoms with Gasteiger partial charge in [0.15, 0.2) is 6.61 Å². The predicted molar refractivity (Wildman–Crippen MR) is 107 cm³/mol. The van der Waals surface area contributed by atoms with E-state index in [-0.39, 0.29) is 30.2 Å². The third-order valence-corrected chi connectivity index (χ3v) is 4.80. The lowest BCUT2D eigenvalue weighted by Gasteiger charge is -2.16. The first-order valence-electron chi connectivity index (χ1n) is 9.36. The first kappa shape index (κ1) is 21.0. The van der Waals surface area contributed by atoms with Crippen molar-refractivity contribution in [1.29, 1.82) is 0 Å². The van der Waals surface area contributed by atoms with E-state index in [0.717, 1.165) is 5.56 Å². The van der Waals surface area contributed by atoms with Crippen molar-refractivity contribution in [3.8, 4) is 0 Å². The zero-order chi connectivity index (χ0) is 21.7. The zero-order valence-corrected chi connectivity index (χ0v) is 16.4. The van der Waals surface area contributed by atoms with Gasteiger partial charge in [0, 0.05) is 36.8 Å². The number of amides is 2. The number of nitrogens with one attached hydrogen (secondary N) is 1. The van der Waals surface area contributed by atoms with Gasteiger partial charge in [-0.05, 0) is 18.6 Å². The molecular weight excluding hydrogens is 390 g/mol. The van der Waals surface area contributed by atoms with E-state index in [0.29, 0.717) is 12.1 Å². The Labute approximate surface area is 172 Å². The highest BCUT2D eigenvalue weighted by molar-refractivity contribution is 5.94. The minimum absolute atomic E-state index is 0.0391. The molecule has 1 atom stereocenters. The van der Waals surface area contributed by atoms with E-state index in [1.165, 1.54) is 18.2 Å². The number of rotatable bonds is 7. The van der Waals surface area contributed by atoms with Crippen LogP contribution in [0.1, 0.15) is 17.5 Å². The molecule has 1 saturated heterocycles. The van der Waals surface area contributed by atoms with E-state index in [9.17, 15) is 24.5 Å². The van der Waals surface area contributed by atoms with Gasteiger partial charge in [-0.15, -0.1) is 0 Å². The highest BCUT2D eigenvalue weighted by atomic mass is 16.6. The first-order chi connectivity index (χ1) is 14.3. The van der Waals surface area contributed by atoms with E-state index < -0.39 is 29.3 Å². The van der Waals surface area contributed by atoms with Crippen molar-refractivity contribution >= 4 is 29.2 Å². The van der Waals surface area contributed by atoms with Crippen molar-refractivity contribution in [1.82, 2.24) is 4.90 Å². The maximum absolute atomic E-state index is 12.3. The highest BCUT2D eigenvalue weighted by Gasteiger charge is 2.35. The number of benzene rings is 2. The van der Waals surface area contributed by atoms with Crippen molar-refractivity contribution in [3.63, 3.8) is 0 Å². The van der Waals surface area contributed by atoms with Gasteiger partial charge in [0.1, 0.15) is 0 Å². The van der Waals surface area contributed by atoms with Gasteiger partial charge in [0.25, 0.3) is 11.6 Å². The maximum atomic E-state index is 12.3. The van der Waals surface area contributed by atoms with Crippen LogP contribution in [0.3, 0.4) is 0 Å². The van der Waals surface area contributed by atoms with Gasteiger partial charge in [-0.3, -0.25) is 24.5 Å². The largest absolute Gasteiger partial charge is 0.455 e. The number of anilines is 1. The summed E-state index contributed by atoms with van der Waals surface area (Å²) in [6.45, 7) is 1.70. The molecule has 0 radical (unpaired) electrons. The second-order valence-electron chi connectivity index (χ2n) is 7.08. The highest BCUT2D eigenvalue weighted by Crippen LogP contribution is 2.23. The van der Waals surface area contributed by atoms with Crippen LogP contribution in [0.25, 0.3) is 0 Å². The van der Waals surface area contributed by atoms with Crippen LogP contribution in [-0.4, -0.2) is 40.8 Å². The van der Waals surface area contributed by atoms with Gasteiger partial charge in [-0.25, -0.2) is 0 Å². The van der Waals surface area contributed by atoms with Crippen molar-refractivity contribution in [3.05, 3.63) is 69.8 Å².